The summed E-state index contributed by atoms with van der Waals surface area (Å²) in [7, 11) is 0. The third-order valence-corrected chi connectivity index (χ3v) is 2.39. The Balaban J connectivity index is 3.05. The van der Waals surface area contributed by atoms with E-state index in [0.717, 1.165) is 6.07 Å². The van der Waals surface area contributed by atoms with Gasteiger partial charge in [0.2, 0.25) is 0 Å². The average molecular weight is 233 g/mol. The van der Waals surface area contributed by atoms with Crippen LogP contribution in [0, 0.1) is 17.5 Å². The Bertz CT molecular complexity index is 368. The van der Waals surface area contributed by atoms with E-state index in [4.69, 9.17) is 5.73 Å². The van der Waals surface area contributed by atoms with Crippen molar-refractivity contribution in [2.45, 2.75) is 25.4 Å². The van der Waals surface area contributed by atoms with Gasteiger partial charge in [0.15, 0.2) is 11.6 Å². The second-order valence-corrected chi connectivity index (χ2v) is 3.81. The van der Waals surface area contributed by atoms with E-state index in [1.807, 2.05) is 0 Å². The van der Waals surface area contributed by atoms with Crippen LogP contribution in [-0.4, -0.2) is 17.8 Å². The lowest BCUT2D eigenvalue weighted by atomic mass is 9.93. The highest BCUT2D eigenvalue weighted by molar-refractivity contribution is 5.24. The number of hydrogen-bond donors (Lipinski definition) is 2. The van der Waals surface area contributed by atoms with Crippen molar-refractivity contribution in [2.75, 3.05) is 6.54 Å². The normalized spacial score (nSPS) is 14.9. The predicted octanol–water partition coefficient (Wildman–Crippen LogP) is 1.92. The van der Waals surface area contributed by atoms with Gasteiger partial charge in [-0.2, -0.15) is 0 Å². The number of aliphatic hydroxyl groups excluding tert-OH is 1. The van der Waals surface area contributed by atoms with E-state index in [2.05, 4.69) is 0 Å². The van der Waals surface area contributed by atoms with Crippen LogP contribution in [0.2, 0.25) is 0 Å². The molecule has 0 aromatic heterocycles. The molecule has 0 bridgehead atoms. The largest absolute Gasteiger partial charge is 0.393 e. The van der Waals surface area contributed by atoms with Gasteiger partial charge in [0.25, 0.3) is 0 Å². The van der Waals surface area contributed by atoms with Crippen molar-refractivity contribution in [1.82, 2.24) is 0 Å². The maximum atomic E-state index is 13.4. The molecular weight excluding hydrogens is 219 g/mol. The van der Waals surface area contributed by atoms with E-state index in [-0.39, 0.29) is 18.5 Å². The van der Waals surface area contributed by atoms with Crippen LogP contribution in [0.25, 0.3) is 0 Å². The molecule has 0 fully saturated rings. The molecular formula is C11H14F3NO. The molecule has 0 aliphatic rings. The predicted molar refractivity (Wildman–Crippen MR) is 54.4 cm³/mol. The fraction of sp³-hybridized carbons (Fsp3) is 0.455. The maximum Gasteiger partial charge on any atom is 0.161 e. The topological polar surface area (TPSA) is 46.2 Å². The number of halogens is 3. The summed E-state index contributed by atoms with van der Waals surface area (Å²) < 4.78 is 39.0. The molecule has 0 amide bonds. The van der Waals surface area contributed by atoms with Crippen LogP contribution in [0.15, 0.2) is 12.1 Å². The minimum Gasteiger partial charge on any atom is -0.393 e. The zero-order valence-corrected chi connectivity index (χ0v) is 8.88. The molecule has 0 aliphatic carbocycles. The van der Waals surface area contributed by atoms with Gasteiger partial charge in [0.1, 0.15) is 5.82 Å². The summed E-state index contributed by atoms with van der Waals surface area (Å²) >= 11 is 0. The molecule has 2 atom stereocenters. The van der Waals surface area contributed by atoms with Gasteiger partial charge < -0.3 is 10.8 Å². The summed E-state index contributed by atoms with van der Waals surface area (Å²) in [5, 5.41) is 9.18. The molecule has 0 aliphatic heterocycles. The number of benzene rings is 1. The van der Waals surface area contributed by atoms with Crippen molar-refractivity contribution in [2.24, 2.45) is 5.73 Å². The van der Waals surface area contributed by atoms with Gasteiger partial charge in [-0.25, -0.2) is 13.2 Å². The molecule has 1 aromatic carbocycles. The van der Waals surface area contributed by atoms with E-state index in [9.17, 15) is 18.3 Å². The van der Waals surface area contributed by atoms with E-state index in [1.54, 1.807) is 0 Å². The lowest BCUT2D eigenvalue weighted by Gasteiger charge is -2.17. The third kappa shape index (κ3) is 2.96. The molecule has 1 aromatic rings. The summed E-state index contributed by atoms with van der Waals surface area (Å²) in [6.07, 6.45) is -0.473. The Kier molecular flexibility index (Phi) is 4.32. The molecule has 0 radical (unpaired) electrons. The fourth-order valence-corrected chi connectivity index (χ4v) is 1.61. The molecule has 0 spiro atoms. The van der Waals surface area contributed by atoms with Gasteiger partial charge >= 0.3 is 0 Å². The van der Waals surface area contributed by atoms with Gasteiger partial charge in [0.05, 0.1) is 6.10 Å². The van der Waals surface area contributed by atoms with Crippen molar-refractivity contribution in [3.63, 3.8) is 0 Å². The highest BCUT2D eigenvalue weighted by Gasteiger charge is 2.19. The first kappa shape index (κ1) is 13.0. The minimum absolute atomic E-state index is 0.00213. The minimum atomic E-state index is -1.23. The summed E-state index contributed by atoms with van der Waals surface area (Å²) in [4.78, 5) is 0. The number of rotatable bonds is 4. The van der Waals surface area contributed by atoms with Crippen LogP contribution < -0.4 is 5.73 Å². The van der Waals surface area contributed by atoms with Crippen molar-refractivity contribution >= 4 is 0 Å². The van der Waals surface area contributed by atoms with Crippen LogP contribution >= 0.6 is 0 Å². The SMILES string of the molecule is CC(O)CC(CN)c1cc(F)c(F)cc1F. The Morgan fingerprint density at radius 1 is 1.19 bits per heavy atom. The van der Waals surface area contributed by atoms with Crippen LogP contribution in [0.5, 0.6) is 0 Å². The standard InChI is InChI=1S/C11H14F3NO/c1-6(16)2-7(5-15)8-3-10(13)11(14)4-9(8)12/h3-4,6-7,16H,2,5,15H2,1H3. The third-order valence-electron chi connectivity index (χ3n) is 2.39. The molecule has 3 N–H and O–H groups in total. The van der Waals surface area contributed by atoms with Crippen molar-refractivity contribution < 1.29 is 18.3 Å². The molecule has 16 heavy (non-hydrogen) atoms. The average Bonchev–Trinajstić information content (AvgIpc) is 2.20. The first-order chi connectivity index (χ1) is 7.45. The number of hydrogen-bond acceptors (Lipinski definition) is 2. The monoisotopic (exact) mass is 233 g/mol. The number of aliphatic hydroxyl groups is 1. The van der Waals surface area contributed by atoms with E-state index in [0.29, 0.717) is 6.07 Å². The Labute approximate surface area is 91.9 Å². The van der Waals surface area contributed by atoms with Crippen molar-refractivity contribution in [1.29, 1.82) is 0 Å². The molecule has 0 saturated heterocycles. The zero-order valence-electron chi connectivity index (χ0n) is 8.88. The Hall–Kier alpha value is -1.07. The Morgan fingerprint density at radius 2 is 1.75 bits per heavy atom. The van der Waals surface area contributed by atoms with E-state index in [1.165, 1.54) is 6.92 Å². The summed E-state index contributed by atoms with van der Waals surface area (Å²) in [6, 6.07) is 1.29. The maximum absolute atomic E-state index is 13.4. The van der Waals surface area contributed by atoms with Crippen LogP contribution in [-0.2, 0) is 0 Å². The van der Waals surface area contributed by atoms with Gasteiger partial charge in [-0.3, -0.25) is 0 Å². The first-order valence-corrected chi connectivity index (χ1v) is 4.98. The first-order valence-electron chi connectivity index (χ1n) is 4.98. The molecule has 2 unspecified atom stereocenters. The second kappa shape index (κ2) is 5.32. The lowest BCUT2D eigenvalue weighted by molar-refractivity contribution is 0.174. The zero-order chi connectivity index (χ0) is 12.3. The van der Waals surface area contributed by atoms with Crippen LogP contribution in [0.3, 0.4) is 0 Å². The van der Waals surface area contributed by atoms with Crippen LogP contribution in [0.4, 0.5) is 13.2 Å². The van der Waals surface area contributed by atoms with Gasteiger partial charge in [-0.15, -0.1) is 0 Å². The van der Waals surface area contributed by atoms with Gasteiger partial charge in [0, 0.05) is 12.0 Å². The smallest absolute Gasteiger partial charge is 0.161 e. The molecule has 1 rings (SSSR count). The highest BCUT2D eigenvalue weighted by Crippen LogP contribution is 2.25. The van der Waals surface area contributed by atoms with Crippen molar-refractivity contribution in [3.05, 3.63) is 35.1 Å². The Morgan fingerprint density at radius 3 is 2.25 bits per heavy atom. The summed E-state index contributed by atoms with van der Waals surface area (Å²) in [5.74, 6) is -3.69. The summed E-state index contributed by atoms with van der Waals surface area (Å²) in [5.41, 5.74) is 5.42. The lowest BCUT2D eigenvalue weighted by Crippen LogP contribution is -2.19. The molecule has 5 heteroatoms. The molecule has 0 heterocycles. The highest BCUT2D eigenvalue weighted by atomic mass is 19.2. The molecule has 2 nitrogen and oxygen atoms in total. The summed E-state index contributed by atoms with van der Waals surface area (Å²) in [6.45, 7) is 1.59. The number of nitrogens with two attached hydrogens (primary N) is 1. The van der Waals surface area contributed by atoms with Gasteiger partial charge in [-0.1, -0.05) is 0 Å². The van der Waals surface area contributed by atoms with E-state index < -0.39 is 29.5 Å². The van der Waals surface area contributed by atoms with E-state index >= 15 is 0 Å². The quantitative estimate of drug-likeness (QED) is 0.780. The fourth-order valence-electron chi connectivity index (χ4n) is 1.61. The molecule has 90 valence electrons. The second-order valence-electron chi connectivity index (χ2n) is 3.81. The van der Waals surface area contributed by atoms with Crippen LogP contribution in [0.1, 0.15) is 24.8 Å². The van der Waals surface area contributed by atoms with Crippen molar-refractivity contribution in [3.8, 4) is 0 Å². The van der Waals surface area contributed by atoms with Gasteiger partial charge in [-0.05, 0) is 31.5 Å². The molecule has 0 saturated carbocycles.